The van der Waals surface area contributed by atoms with Crippen molar-refractivity contribution >= 4 is 16.9 Å². The molecule has 5 nitrogen and oxygen atoms in total. The fourth-order valence-corrected chi connectivity index (χ4v) is 2.20. The van der Waals surface area contributed by atoms with Crippen LogP contribution in [0.5, 0.6) is 5.75 Å². The third-order valence-corrected chi connectivity index (χ3v) is 2.96. The summed E-state index contributed by atoms with van der Waals surface area (Å²) in [6, 6.07) is 5.09. The number of hydrogen-bond acceptors (Lipinski definition) is 4. The molecule has 1 heterocycles. The normalized spacial score (nSPS) is 10.9. The van der Waals surface area contributed by atoms with Crippen molar-refractivity contribution < 1.29 is 13.9 Å². The first-order valence-electron chi connectivity index (χ1n) is 6.84. The summed E-state index contributed by atoms with van der Waals surface area (Å²) in [7, 11) is 0. The molecule has 0 atom stereocenters. The molecule has 0 saturated heterocycles. The molecule has 1 N–H and O–H groups in total. The number of aryl methyl sites for hydroxylation is 2. The maximum atomic E-state index is 11.7. The van der Waals surface area contributed by atoms with E-state index in [4.69, 9.17) is 9.15 Å². The van der Waals surface area contributed by atoms with E-state index in [1.807, 2.05) is 33.8 Å². The van der Waals surface area contributed by atoms with Gasteiger partial charge < -0.3 is 14.5 Å². The van der Waals surface area contributed by atoms with Gasteiger partial charge in [0.05, 0.1) is 5.39 Å². The monoisotopic (exact) mass is 289 g/mol. The lowest BCUT2D eigenvalue weighted by Gasteiger charge is -2.13. The van der Waals surface area contributed by atoms with Crippen molar-refractivity contribution in [2.75, 3.05) is 6.61 Å². The Bertz CT molecular complexity index is 731. The number of nitrogens with one attached hydrogen (secondary N) is 1. The maximum Gasteiger partial charge on any atom is 0.336 e. The average Bonchev–Trinajstić information content (AvgIpc) is 2.33. The molecule has 0 unspecified atom stereocenters. The van der Waals surface area contributed by atoms with E-state index in [-0.39, 0.29) is 18.6 Å². The molecule has 2 aromatic rings. The van der Waals surface area contributed by atoms with Crippen LogP contribution in [0.3, 0.4) is 0 Å². The van der Waals surface area contributed by atoms with Crippen LogP contribution in [0.15, 0.2) is 27.4 Å². The first kappa shape index (κ1) is 15.1. The van der Waals surface area contributed by atoms with E-state index in [2.05, 4.69) is 5.32 Å². The van der Waals surface area contributed by atoms with Crippen molar-refractivity contribution in [2.24, 2.45) is 0 Å². The van der Waals surface area contributed by atoms with E-state index in [0.717, 1.165) is 16.5 Å². The summed E-state index contributed by atoms with van der Waals surface area (Å²) in [6.45, 7) is 7.39. The van der Waals surface area contributed by atoms with E-state index in [1.54, 1.807) is 6.07 Å². The molecule has 0 bridgehead atoms. The molecule has 112 valence electrons. The van der Waals surface area contributed by atoms with Gasteiger partial charge in [-0.2, -0.15) is 0 Å². The standard InChI is InChI=1S/C16H19NO4/c1-9(2)17-14(18)8-20-12-5-10(3)6-13-16(12)11(4)7-15(19)21-13/h5-7,9H,8H2,1-4H3,(H,17,18). The van der Waals surface area contributed by atoms with Crippen molar-refractivity contribution in [2.45, 2.75) is 33.7 Å². The van der Waals surface area contributed by atoms with Crippen LogP contribution in [0, 0.1) is 13.8 Å². The average molecular weight is 289 g/mol. The minimum Gasteiger partial charge on any atom is -0.483 e. The Morgan fingerprint density at radius 2 is 2.00 bits per heavy atom. The van der Waals surface area contributed by atoms with Gasteiger partial charge in [-0.15, -0.1) is 0 Å². The van der Waals surface area contributed by atoms with Gasteiger partial charge in [-0.3, -0.25) is 4.79 Å². The quantitative estimate of drug-likeness (QED) is 0.877. The molecule has 0 aliphatic carbocycles. The van der Waals surface area contributed by atoms with Gasteiger partial charge >= 0.3 is 5.63 Å². The molecule has 1 aromatic carbocycles. The number of rotatable bonds is 4. The Hall–Kier alpha value is -2.30. The third kappa shape index (κ3) is 3.62. The van der Waals surface area contributed by atoms with Gasteiger partial charge in [0.1, 0.15) is 11.3 Å². The molecule has 5 heteroatoms. The van der Waals surface area contributed by atoms with Gasteiger partial charge in [0.25, 0.3) is 5.91 Å². The topological polar surface area (TPSA) is 68.5 Å². The minimum atomic E-state index is -0.394. The van der Waals surface area contributed by atoms with Crippen molar-refractivity contribution in [1.29, 1.82) is 0 Å². The van der Waals surface area contributed by atoms with E-state index < -0.39 is 5.63 Å². The summed E-state index contributed by atoms with van der Waals surface area (Å²) in [5.41, 5.74) is 1.74. The van der Waals surface area contributed by atoms with E-state index in [9.17, 15) is 9.59 Å². The van der Waals surface area contributed by atoms with Gasteiger partial charge in [0, 0.05) is 12.1 Å². The molecule has 0 spiro atoms. The largest absolute Gasteiger partial charge is 0.483 e. The zero-order chi connectivity index (χ0) is 15.6. The van der Waals surface area contributed by atoms with Gasteiger partial charge in [0.2, 0.25) is 0 Å². The van der Waals surface area contributed by atoms with Gasteiger partial charge in [-0.05, 0) is 51.0 Å². The highest BCUT2D eigenvalue weighted by Crippen LogP contribution is 2.29. The molecule has 2 rings (SSSR count). The zero-order valence-corrected chi connectivity index (χ0v) is 12.6. The molecule has 21 heavy (non-hydrogen) atoms. The summed E-state index contributed by atoms with van der Waals surface area (Å²) in [5.74, 6) is 0.361. The summed E-state index contributed by atoms with van der Waals surface area (Å²) < 4.78 is 10.8. The molecule has 0 aliphatic heterocycles. The summed E-state index contributed by atoms with van der Waals surface area (Å²) in [5, 5.41) is 3.48. The second-order valence-corrected chi connectivity index (χ2v) is 5.40. The highest BCUT2D eigenvalue weighted by Gasteiger charge is 2.12. The Morgan fingerprint density at radius 1 is 1.29 bits per heavy atom. The Morgan fingerprint density at radius 3 is 2.67 bits per heavy atom. The molecule has 0 radical (unpaired) electrons. The Kier molecular flexibility index (Phi) is 4.31. The highest BCUT2D eigenvalue weighted by molar-refractivity contribution is 5.88. The minimum absolute atomic E-state index is 0.0649. The van der Waals surface area contributed by atoms with Crippen LogP contribution in [-0.2, 0) is 4.79 Å². The van der Waals surface area contributed by atoms with E-state index in [1.165, 1.54) is 6.07 Å². The van der Waals surface area contributed by atoms with Gasteiger partial charge in [-0.1, -0.05) is 0 Å². The third-order valence-electron chi connectivity index (χ3n) is 2.96. The number of benzene rings is 1. The van der Waals surface area contributed by atoms with Crippen LogP contribution in [0.4, 0.5) is 0 Å². The van der Waals surface area contributed by atoms with Crippen LogP contribution in [0.25, 0.3) is 11.0 Å². The lowest BCUT2D eigenvalue weighted by Crippen LogP contribution is -2.34. The number of hydrogen-bond donors (Lipinski definition) is 1. The molecular weight excluding hydrogens is 270 g/mol. The van der Waals surface area contributed by atoms with Gasteiger partial charge in [-0.25, -0.2) is 4.79 Å². The van der Waals surface area contributed by atoms with Crippen LogP contribution in [0.2, 0.25) is 0 Å². The van der Waals surface area contributed by atoms with Crippen molar-refractivity contribution in [1.82, 2.24) is 5.32 Å². The second-order valence-electron chi connectivity index (χ2n) is 5.40. The number of amides is 1. The molecule has 1 aromatic heterocycles. The fraction of sp³-hybridized carbons (Fsp3) is 0.375. The lowest BCUT2D eigenvalue weighted by atomic mass is 10.1. The molecule has 1 amide bonds. The molecular formula is C16H19NO4. The lowest BCUT2D eigenvalue weighted by molar-refractivity contribution is -0.123. The van der Waals surface area contributed by atoms with Crippen molar-refractivity contribution in [3.05, 3.63) is 39.7 Å². The van der Waals surface area contributed by atoms with E-state index >= 15 is 0 Å². The second kappa shape index (κ2) is 5.99. The predicted molar refractivity (Wildman–Crippen MR) is 80.7 cm³/mol. The molecule has 0 fully saturated rings. The number of carbonyl (C=O) groups is 1. The maximum absolute atomic E-state index is 11.7. The molecule has 0 aliphatic rings. The Balaban J connectivity index is 2.35. The first-order chi connectivity index (χ1) is 9.86. The SMILES string of the molecule is Cc1cc(OCC(=O)NC(C)C)c2c(C)cc(=O)oc2c1. The van der Waals surface area contributed by atoms with Crippen LogP contribution < -0.4 is 15.7 Å². The summed E-state index contributed by atoms with van der Waals surface area (Å²) in [4.78, 5) is 23.1. The number of ether oxygens (including phenoxy) is 1. The number of carbonyl (C=O) groups excluding carboxylic acids is 1. The number of fused-ring (bicyclic) bond motifs is 1. The first-order valence-corrected chi connectivity index (χ1v) is 6.84. The summed E-state index contributed by atoms with van der Waals surface area (Å²) >= 11 is 0. The van der Waals surface area contributed by atoms with E-state index in [0.29, 0.717) is 11.3 Å². The smallest absolute Gasteiger partial charge is 0.336 e. The van der Waals surface area contributed by atoms with Gasteiger partial charge in [0.15, 0.2) is 6.61 Å². The van der Waals surface area contributed by atoms with Crippen LogP contribution >= 0.6 is 0 Å². The highest BCUT2D eigenvalue weighted by atomic mass is 16.5. The Labute approximate surface area is 122 Å². The summed E-state index contributed by atoms with van der Waals surface area (Å²) in [6.07, 6.45) is 0. The van der Waals surface area contributed by atoms with Crippen LogP contribution in [-0.4, -0.2) is 18.6 Å². The fourth-order valence-electron chi connectivity index (χ4n) is 2.20. The predicted octanol–water partition coefficient (Wildman–Crippen LogP) is 2.31. The van der Waals surface area contributed by atoms with Crippen molar-refractivity contribution in [3.63, 3.8) is 0 Å². The van der Waals surface area contributed by atoms with Crippen LogP contribution in [0.1, 0.15) is 25.0 Å². The van der Waals surface area contributed by atoms with Crippen molar-refractivity contribution in [3.8, 4) is 5.75 Å². The zero-order valence-electron chi connectivity index (χ0n) is 12.6. The molecule has 0 saturated carbocycles.